The van der Waals surface area contributed by atoms with Gasteiger partial charge in [-0.05, 0) is 17.8 Å². The Kier molecular flexibility index (Phi) is 3.12. The van der Waals surface area contributed by atoms with Crippen LogP contribution in [0.4, 0.5) is 0 Å². The highest BCUT2D eigenvalue weighted by atomic mass is 16.5. The second-order valence-corrected chi connectivity index (χ2v) is 4.67. The van der Waals surface area contributed by atoms with E-state index in [9.17, 15) is 0 Å². The van der Waals surface area contributed by atoms with Crippen LogP contribution in [-0.4, -0.2) is 5.16 Å². The fraction of sp³-hybridized carbons (Fsp3) is 0.727. The summed E-state index contributed by atoms with van der Waals surface area (Å²) in [5.41, 5.74) is 1.52. The van der Waals surface area contributed by atoms with Crippen molar-refractivity contribution in [2.45, 2.75) is 46.5 Å². The summed E-state index contributed by atoms with van der Waals surface area (Å²) >= 11 is 0. The van der Waals surface area contributed by atoms with E-state index in [1.165, 1.54) is 18.4 Å². The van der Waals surface area contributed by atoms with Crippen LogP contribution in [0.3, 0.4) is 0 Å². The Morgan fingerprint density at radius 1 is 1.46 bits per heavy atom. The maximum Gasteiger partial charge on any atom is 0.127 e. The lowest BCUT2D eigenvalue weighted by atomic mass is 9.75. The number of aromatic nitrogens is 1. The van der Waals surface area contributed by atoms with Gasteiger partial charge in [0.15, 0.2) is 0 Å². The fourth-order valence-corrected chi connectivity index (χ4v) is 1.77. The predicted molar refractivity (Wildman–Crippen MR) is 53.6 cm³/mol. The normalized spacial score (nSPS) is 14.5. The van der Waals surface area contributed by atoms with Gasteiger partial charge < -0.3 is 4.52 Å². The fourth-order valence-electron chi connectivity index (χ4n) is 1.77. The molecule has 1 unspecified atom stereocenters. The third kappa shape index (κ3) is 2.58. The van der Waals surface area contributed by atoms with Crippen LogP contribution >= 0.6 is 0 Å². The minimum absolute atomic E-state index is 0.293. The molecule has 0 saturated carbocycles. The van der Waals surface area contributed by atoms with E-state index in [1.807, 2.05) is 6.20 Å². The molecule has 2 nitrogen and oxygen atoms in total. The van der Waals surface area contributed by atoms with Gasteiger partial charge in [0.25, 0.3) is 0 Å². The van der Waals surface area contributed by atoms with E-state index in [0.29, 0.717) is 11.3 Å². The Balaban J connectivity index is 2.81. The molecule has 0 spiro atoms. The molecular weight excluding hydrogens is 162 g/mol. The first-order valence-electron chi connectivity index (χ1n) is 4.95. The summed E-state index contributed by atoms with van der Waals surface area (Å²) < 4.78 is 4.89. The van der Waals surface area contributed by atoms with Crippen LogP contribution in [0.5, 0.6) is 0 Å². The van der Waals surface area contributed by atoms with Crippen LogP contribution in [-0.2, 0) is 0 Å². The van der Waals surface area contributed by atoms with Gasteiger partial charge in [-0.25, -0.2) is 0 Å². The molecule has 0 amide bonds. The Morgan fingerprint density at radius 3 is 2.54 bits per heavy atom. The van der Waals surface area contributed by atoms with Gasteiger partial charge in [-0.15, -0.1) is 0 Å². The second-order valence-electron chi connectivity index (χ2n) is 4.67. The third-order valence-corrected chi connectivity index (χ3v) is 2.48. The van der Waals surface area contributed by atoms with Gasteiger partial charge >= 0.3 is 0 Å². The summed E-state index contributed by atoms with van der Waals surface area (Å²) in [6.45, 7) is 9.01. The van der Waals surface area contributed by atoms with Crippen molar-refractivity contribution in [3.05, 3.63) is 18.0 Å². The summed E-state index contributed by atoms with van der Waals surface area (Å²) in [6.07, 6.45) is 6.01. The first-order valence-corrected chi connectivity index (χ1v) is 4.95. The van der Waals surface area contributed by atoms with Crippen molar-refractivity contribution < 1.29 is 4.52 Å². The van der Waals surface area contributed by atoms with Crippen molar-refractivity contribution in [3.63, 3.8) is 0 Å². The topological polar surface area (TPSA) is 26.0 Å². The van der Waals surface area contributed by atoms with Crippen LogP contribution < -0.4 is 0 Å². The van der Waals surface area contributed by atoms with Crippen molar-refractivity contribution in [2.24, 2.45) is 5.41 Å². The number of hydrogen-bond donors (Lipinski definition) is 0. The lowest BCUT2D eigenvalue weighted by Gasteiger charge is -2.29. The SMILES string of the molecule is CCCC(c1cnoc1)C(C)(C)C. The Labute approximate surface area is 80.3 Å². The van der Waals surface area contributed by atoms with Gasteiger partial charge in [-0.3, -0.25) is 0 Å². The van der Waals surface area contributed by atoms with Crippen LogP contribution in [0.1, 0.15) is 52.0 Å². The van der Waals surface area contributed by atoms with Crippen LogP contribution in [0.2, 0.25) is 0 Å². The van der Waals surface area contributed by atoms with Crippen molar-refractivity contribution in [2.75, 3.05) is 0 Å². The number of hydrogen-bond acceptors (Lipinski definition) is 2. The first kappa shape index (κ1) is 10.3. The molecule has 1 heterocycles. The zero-order chi connectivity index (χ0) is 9.90. The molecule has 0 N–H and O–H groups in total. The van der Waals surface area contributed by atoms with Crippen LogP contribution in [0.25, 0.3) is 0 Å². The van der Waals surface area contributed by atoms with E-state index < -0.39 is 0 Å². The van der Waals surface area contributed by atoms with E-state index >= 15 is 0 Å². The summed E-state index contributed by atoms with van der Waals surface area (Å²) in [5, 5.41) is 3.76. The third-order valence-electron chi connectivity index (χ3n) is 2.48. The molecule has 0 aromatic carbocycles. The molecule has 1 aromatic heterocycles. The molecule has 0 aliphatic rings. The molecule has 2 heteroatoms. The van der Waals surface area contributed by atoms with Gasteiger partial charge in [0.05, 0.1) is 6.20 Å². The predicted octanol–water partition coefficient (Wildman–Crippen LogP) is 3.60. The highest BCUT2D eigenvalue weighted by Crippen LogP contribution is 2.38. The Bertz CT molecular complexity index is 233. The molecule has 0 radical (unpaired) electrons. The van der Waals surface area contributed by atoms with E-state index in [0.717, 1.165) is 0 Å². The van der Waals surface area contributed by atoms with Gasteiger partial charge in [-0.2, -0.15) is 0 Å². The molecule has 74 valence electrons. The Hall–Kier alpha value is -0.790. The van der Waals surface area contributed by atoms with Crippen LogP contribution in [0, 0.1) is 5.41 Å². The smallest absolute Gasteiger partial charge is 0.127 e. The second kappa shape index (κ2) is 3.95. The van der Waals surface area contributed by atoms with Crippen molar-refractivity contribution in [1.82, 2.24) is 5.16 Å². The van der Waals surface area contributed by atoms with Gasteiger partial charge in [-0.1, -0.05) is 39.3 Å². The van der Waals surface area contributed by atoms with Gasteiger partial charge in [0.2, 0.25) is 0 Å². The molecule has 1 aromatic rings. The van der Waals surface area contributed by atoms with Crippen molar-refractivity contribution in [1.29, 1.82) is 0 Å². The highest BCUT2D eigenvalue weighted by Gasteiger charge is 2.26. The maximum absolute atomic E-state index is 4.89. The summed E-state index contributed by atoms with van der Waals surface area (Å²) in [7, 11) is 0. The highest BCUT2D eigenvalue weighted by molar-refractivity contribution is 5.11. The van der Waals surface area contributed by atoms with E-state index in [-0.39, 0.29) is 0 Å². The molecule has 0 saturated heterocycles. The molecule has 1 rings (SSSR count). The largest absolute Gasteiger partial charge is 0.364 e. The van der Waals surface area contributed by atoms with E-state index in [1.54, 1.807) is 6.26 Å². The lowest BCUT2D eigenvalue weighted by molar-refractivity contribution is 0.301. The van der Waals surface area contributed by atoms with Crippen LogP contribution in [0.15, 0.2) is 17.0 Å². The summed E-state index contributed by atoms with van der Waals surface area (Å²) in [5.74, 6) is 0.559. The van der Waals surface area contributed by atoms with E-state index in [4.69, 9.17) is 4.52 Å². The number of rotatable bonds is 3. The maximum atomic E-state index is 4.89. The van der Waals surface area contributed by atoms with Gasteiger partial charge in [0.1, 0.15) is 6.26 Å². The molecule has 0 aliphatic heterocycles. The van der Waals surface area contributed by atoms with E-state index in [2.05, 4.69) is 32.9 Å². The van der Waals surface area contributed by atoms with Crippen molar-refractivity contribution >= 4 is 0 Å². The zero-order valence-corrected chi connectivity index (χ0v) is 9.00. The van der Waals surface area contributed by atoms with Gasteiger partial charge in [0, 0.05) is 5.56 Å². The Morgan fingerprint density at radius 2 is 2.15 bits per heavy atom. The summed E-state index contributed by atoms with van der Waals surface area (Å²) in [6, 6.07) is 0. The van der Waals surface area contributed by atoms with Crippen molar-refractivity contribution in [3.8, 4) is 0 Å². The monoisotopic (exact) mass is 181 g/mol. The molecule has 1 atom stereocenters. The first-order chi connectivity index (χ1) is 6.05. The lowest BCUT2D eigenvalue weighted by Crippen LogP contribution is -2.17. The average molecular weight is 181 g/mol. The molecule has 0 aliphatic carbocycles. The molecular formula is C11H19NO. The standard InChI is InChI=1S/C11H19NO/c1-5-6-10(11(2,3)4)9-7-12-13-8-9/h7-8,10H,5-6H2,1-4H3. The summed E-state index contributed by atoms with van der Waals surface area (Å²) in [4.78, 5) is 0. The molecule has 13 heavy (non-hydrogen) atoms. The molecule has 0 fully saturated rings. The minimum Gasteiger partial charge on any atom is -0.364 e. The quantitative estimate of drug-likeness (QED) is 0.712. The number of nitrogens with zero attached hydrogens (tertiary/aromatic N) is 1. The average Bonchev–Trinajstić information content (AvgIpc) is 2.49. The minimum atomic E-state index is 0.293. The molecule has 0 bridgehead atoms. The zero-order valence-electron chi connectivity index (χ0n) is 9.00.